The lowest BCUT2D eigenvalue weighted by Gasteiger charge is -2.05. The third-order valence-electron chi connectivity index (χ3n) is 3.12. The number of rotatable bonds is 6. The van der Waals surface area contributed by atoms with Gasteiger partial charge in [-0.05, 0) is 37.1 Å². The smallest absolute Gasteiger partial charge is 0.176 e. The van der Waals surface area contributed by atoms with Crippen molar-refractivity contribution in [2.75, 3.05) is 32.1 Å². The Morgan fingerprint density at radius 2 is 2.39 bits per heavy atom. The number of benzene rings is 1. The van der Waals surface area contributed by atoms with Gasteiger partial charge in [0.1, 0.15) is 0 Å². The molecule has 1 heterocycles. The fourth-order valence-corrected chi connectivity index (χ4v) is 2.20. The first-order valence-electron chi connectivity index (χ1n) is 6.33. The minimum atomic E-state index is 0.133. The number of ether oxygens (including phenoxy) is 1. The van der Waals surface area contributed by atoms with Crippen molar-refractivity contribution in [1.29, 1.82) is 0 Å². The predicted molar refractivity (Wildman–Crippen MR) is 72.3 cm³/mol. The van der Waals surface area contributed by atoms with Crippen molar-refractivity contribution < 1.29 is 9.53 Å². The molecule has 0 aliphatic carbocycles. The van der Waals surface area contributed by atoms with Crippen LogP contribution in [0.25, 0.3) is 0 Å². The number of ketones is 1. The molecule has 1 aromatic rings. The van der Waals surface area contributed by atoms with E-state index >= 15 is 0 Å². The Morgan fingerprint density at radius 3 is 3.17 bits per heavy atom. The molecule has 0 radical (unpaired) electrons. The van der Waals surface area contributed by atoms with Crippen LogP contribution in [-0.4, -0.2) is 38.6 Å². The van der Waals surface area contributed by atoms with Crippen molar-refractivity contribution in [2.24, 2.45) is 0 Å². The van der Waals surface area contributed by atoms with E-state index in [-0.39, 0.29) is 5.78 Å². The highest BCUT2D eigenvalue weighted by Crippen LogP contribution is 2.26. The van der Waals surface area contributed by atoms with Crippen LogP contribution in [0.3, 0.4) is 0 Å². The average Bonchev–Trinajstić information content (AvgIpc) is 2.73. The van der Waals surface area contributed by atoms with E-state index in [1.807, 2.05) is 18.2 Å². The Labute approximate surface area is 108 Å². The van der Waals surface area contributed by atoms with Gasteiger partial charge in [-0.3, -0.25) is 4.79 Å². The van der Waals surface area contributed by atoms with Gasteiger partial charge < -0.3 is 15.4 Å². The van der Waals surface area contributed by atoms with Crippen LogP contribution in [0, 0.1) is 0 Å². The van der Waals surface area contributed by atoms with E-state index in [1.165, 1.54) is 5.56 Å². The Bertz CT molecular complexity index is 432. The van der Waals surface area contributed by atoms with Crippen LogP contribution < -0.4 is 10.6 Å². The molecule has 0 bridgehead atoms. The summed E-state index contributed by atoms with van der Waals surface area (Å²) < 4.78 is 4.92. The van der Waals surface area contributed by atoms with E-state index in [1.54, 1.807) is 7.11 Å². The van der Waals surface area contributed by atoms with E-state index in [0.29, 0.717) is 25.7 Å². The lowest BCUT2D eigenvalue weighted by atomic mass is 10.0. The lowest BCUT2D eigenvalue weighted by Crippen LogP contribution is -2.26. The van der Waals surface area contributed by atoms with Gasteiger partial charge in [-0.2, -0.15) is 0 Å². The van der Waals surface area contributed by atoms with Crippen molar-refractivity contribution in [1.82, 2.24) is 5.32 Å². The van der Waals surface area contributed by atoms with E-state index in [2.05, 4.69) is 17.6 Å². The topological polar surface area (TPSA) is 50.4 Å². The van der Waals surface area contributed by atoms with E-state index in [0.717, 1.165) is 17.7 Å². The fraction of sp³-hybridized carbons (Fsp3) is 0.500. The molecule has 1 aromatic carbocycles. The second kappa shape index (κ2) is 5.98. The highest BCUT2D eigenvalue weighted by molar-refractivity contribution is 5.98. The van der Waals surface area contributed by atoms with Gasteiger partial charge in [-0.1, -0.05) is 0 Å². The normalized spacial score (nSPS) is 17.3. The van der Waals surface area contributed by atoms with Crippen LogP contribution in [0.2, 0.25) is 0 Å². The molecule has 4 heteroatoms. The predicted octanol–water partition coefficient (Wildman–Crippen LogP) is 1.46. The molecule has 18 heavy (non-hydrogen) atoms. The summed E-state index contributed by atoms with van der Waals surface area (Å²) in [5.74, 6) is 0.133. The average molecular weight is 248 g/mol. The van der Waals surface area contributed by atoms with Crippen LogP contribution in [0.15, 0.2) is 18.2 Å². The van der Waals surface area contributed by atoms with E-state index < -0.39 is 0 Å². The maximum atomic E-state index is 12.0. The van der Waals surface area contributed by atoms with Gasteiger partial charge in [-0.25, -0.2) is 0 Å². The maximum absolute atomic E-state index is 12.0. The Balaban J connectivity index is 1.93. The van der Waals surface area contributed by atoms with E-state index in [9.17, 15) is 4.79 Å². The summed E-state index contributed by atoms with van der Waals surface area (Å²) in [4.78, 5) is 12.0. The van der Waals surface area contributed by atoms with Gasteiger partial charge in [0, 0.05) is 30.9 Å². The molecule has 0 amide bonds. The molecule has 0 saturated heterocycles. The largest absolute Gasteiger partial charge is 0.383 e. The number of hydrogen-bond donors (Lipinski definition) is 2. The molecule has 2 rings (SSSR count). The summed E-state index contributed by atoms with van der Waals surface area (Å²) in [7, 11) is 1.65. The molecule has 98 valence electrons. The molecule has 1 atom stereocenters. The molecular weight excluding hydrogens is 228 g/mol. The highest BCUT2D eigenvalue weighted by Gasteiger charge is 2.17. The van der Waals surface area contributed by atoms with Gasteiger partial charge in [-0.15, -0.1) is 0 Å². The number of hydrogen-bond acceptors (Lipinski definition) is 4. The molecule has 1 aliphatic rings. The summed E-state index contributed by atoms with van der Waals surface area (Å²) in [5, 5.41) is 6.45. The highest BCUT2D eigenvalue weighted by atomic mass is 16.5. The van der Waals surface area contributed by atoms with E-state index in [4.69, 9.17) is 4.74 Å². The van der Waals surface area contributed by atoms with Crippen molar-refractivity contribution in [2.45, 2.75) is 19.4 Å². The third-order valence-corrected chi connectivity index (χ3v) is 3.12. The molecule has 2 N–H and O–H groups in total. The van der Waals surface area contributed by atoms with Gasteiger partial charge in [0.2, 0.25) is 0 Å². The fourth-order valence-electron chi connectivity index (χ4n) is 2.20. The zero-order chi connectivity index (χ0) is 13.0. The summed E-state index contributed by atoms with van der Waals surface area (Å²) in [6, 6.07) is 6.36. The first-order chi connectivity index (χ1) is 8.70. The third kappa shape index (κ3) is 3.09. The van der Waals surface area contributed by atoms with Crippen LogP contribution in [0.1, 0.15) is 22.8 Å². The van der Waals surface area contributed by atoms with Crippen LogP contribution in [-0.2, 0) is 11.2 Å². The minimum absolute atomic E-state index is 0.133. The van der Waals surface area contributed by atoms with Crippen molar-refractivity contribution >= 4 is 11.5 Å². The first-order valence-corrected chi connectivity index (χ1v) is 6.33. The molecule has 1 aliphatic heterocycles. The zero-order valence-electron chi connectivity index (χ0n) is 11.0. The van der Waals surface area contributed by atoms with Crippen molar-refractivity contribution in [3.05, 3.63) is 29.3 Å². The molecule has 0 aromatic heterocycles. The first kappa shape index (κ1) is 13.1. The summed E-state index contributed by atoms with van der Waals surface area (Å²) in [6.07, 6.45) is 0.994. The van der Waals surface area contributed by atoms with Gasteiger partial charge in [0.15, 0.2) is 5.78 Å². The monoisotopic (exact) mass is 248 g/mol. The Morgan fingerprint density at radius 1 is 1.56 bits per heavy atom. The van der Waals surface area contributed by atoms with Crippen molar-refractivity contribution in [3.63, 3.8) is 0 Å². The molecule has 4 nitrogen and oxygen atoms in total. The standard InChI is InChI=1S/C14H20N2O2/c1-10-7-12-8-11(3-4-13(12)16-10)14(17)9-15-5-6-18-2/h3-4,8,10,15-16H,5-7,9H2,1-2H3. The van der Waals surface area contributed by atoms with Crippen LogP contribution >= 0.6 is 0 Å². The molecule has 0 fully saturated rings. The van der Waals surface area contributed by atoms with Crippen molar-refractivity contribution in [3.8, 4) is 0 Å². The number of fused-ring (bicyclic) bond motifs is 1. The number of methoxy groups -OCH3 is 1. The summed E-state index contributed by atoms with van der Waals surface area (Å²) >= 11 is 0. The van der Waals surface area contributed by atoms with Gasteiger partial charge >= 0.3 is 0 Å². The number of carbonyl (C=O) groups excluding carboxylic acids is 1. The Kier molecular flexibility index (Phi) is 4.33. The van der Waals surface area contributed by atoms with Gasteiger partial charge in [0.05, 0.1) is 13.2 Å². The summed E-state index contributed by atoms with van der Waals surface area (Å²) in [6.45, 7) is 3.84. The SMILES string of the molecule is COCCNCC(=O)c1ccc2c(c1)CC(C)N2. The zero-order valence-corrected chi connectivity index (χ0v) is 11.0. The minimum Gasteiger partial charge on any atom is -0.383 e. The number of Topliss-reactive ketones (excluding diaryl/α,β-unsaturated/α-hetero) is 1. The molecule has 0 saturated carbocycles. The van der Waals surface area contributed by atoms with Gasteiger partial charge in [0.25, 0.3) is 0 Å². The quantitative estimate of drug-likeness (QED) is 0.591. The molecule has 0 spiro atoms. The second-order valence-electron chi connectivity index (χ2n) is 4.71. The van der Waals surface area contributed by atoms with Crippen LogP contribution in [0.4, 0.5) is 5.69 Å². The lowest BCUT2D eigenvalue weighted by molar-refractivity contribution is 0.0987. The molecule has 1 unspecified atom stereocenters. The Hall–Kier alpha value is -1.39. The number of carbonyl (C=O) groups is 1. The number of nitrogens with one attached hydrogen (secondary N) is 2. The van der Waals surface area contributed by atoms with Crippen LogP contribution in [0.5, 0.6) is 0 Å². The maximum Gasteiger partial charge on any atom is 0.176 e. The second-order valence-corrected chi connectivity index (χ2v) is 4.71. The summed E-state index contributed by atoms with van der Waals surface area (Å²) in [5.41, 5.74) is 3.19. The number of anilines is 1. The molecular formula is C14H20N2O2.